The van der Waals surface area contributed by atoms with E-state index in [9.17, 15) is 9.59 Å². The summed E-state index contributed by atoms with van der Waals surface area (Å²) < 4.78 is 6.41. The summed E-state index contributed by atoms with van der Waals surface area (Å²) in [6.07, 6.45) is 4.04. The Labute approximate surface area is 156 Å². The van der Waals surface area contributed by atoms with Crippen molar-refractivity contribution >= 4 is 27.6 Å². The van der Waals surface area contributed by atoms with E-state index >= 15 is 0 Å². The number of anilines is 1. The Morgan fingerprint density at radius 1 is 1.48 bits per heavy atom. The van der Waals surface area contributed by atoms with Crippen LogP contribution in [0.2, 0.25) is 0 Å². The Bertz CT molecular complexity index is 731. The van der Waals surface area contributed by atoms with E-state index in [1.54, 1.807) is 13.1 Å². The van der Waals surface area contributed by atoms with Gasteiger partial charge in [-0.15, -0.1) is 0 Å². The standard InChI is InChI=1S/C18H26BrN3O3/c1-5-25-15(23)9-22-17(24)16(19)14(8-20-22)21-13-7-11-6-12(10(13)2)18(11,3)4/h8,10-13,21H,5-7,9H2,1-4H3/t10-,11-,12+,13-/m1/s1. The molecule has 0 aromatic carbocycles. The molecule has 0 spiro atoms. The van der Waals surface area contributed by atoms with Crippen molar-refractivity contribution in [1.82, 2.24) is 9.78 Å². The SMILES string of the molecule is CCOC(=O)Cn1ncc(N[C@@H]2C[C@H]3C[C@@H]([C@H]2C)C3(C)C)c(Br)c1=O. The molecular formula is C18H26BrN3O3. The Morgan fingerprint density at radius 3 is 2.80 bits per heavy atom. The lowest BCUT2D eigenvalue weighted by atomic mass is 9.45. The minimum absolute atomic E-state index is 0.177. The van der Waals surface area contributed by atoms with E-state index in [4.69, 9.17) is 4.74 Å². The van der Waals surface area contributed by atoms with Crippen LogP contribution in [0, 0.1) is 23.2 Å². The molecule has 2 bridgehead atoms. The number of halogens is 1. The molecule has 3 fully saturated rings. The number of rotatable bonds is 5. The Morgan fingerprint density at radius 2 is 2.20 bits per heavy atom. The number of esters is 1. The van der Waals surface area contributed by atoms with Crippen LogP contribution in [0.4, 0.5) is 5.69 Å². The van der Waals surface area contributed by atoms with Crippen molar-refractivity contribution in [3.63, 3.8) is 0 Å². The summed E-state index contributed by atoms with van der Waals surface area (Å²) in [5.41, 5.74) is 0.795. The van der Waals surface area contributed by atoms with E-state index in [0.29, 0.717) is 27.5 Å². The van der Waals surface area contributed by atoms with Crippen molar-refractivity contribution in [1.29, 1.82) is 0 Å². The first-order valence-corrected chi connectivity index (χ1v) is 9.72. The van der Waals surface area contributed by atoms with Gasteiger partial charge in [0.2, 0.25) is 0 Å². The van der Waals surface area contributed by atoms with Crippen molar-refractivity contribution in [3.8, 4) is 0 Å². The average molecular weight is 412 g/mol. The number of aromatic nitrogens is 2. The number of hydrogen-bond acceptors (Lipinski definition) is 5. The summed E-state index contributed by atoms with van der Waals surface area (Å²) in [6, 6.07) is 0.343. The van der Waals surface area contributed by atoms with E-state index in [1.165, 1.54) is 6.42 Å². The third-order valence-corrected chi connectivity index (χ3v) is 7.03. The molecule has 0 unspecified atom stereocenters. The minimum Gasteiger partial charge on any atom is -0.465 e. The number of nitrogens with zero attached hydrogens (tertiary/aromatic N) is 2. The van der Waals surface area contributed by atoms with Crippen molar-refractivity contribution < 1.29 is 9.53 Å². The number of carbonyl (C=O) groups excluding carboxylic acids is 1. The smallest absolute Gasteiger partial charge is 0.327 e. The molecular weight excluding hydrogens is 386 g/mol. The van der Waals surface area contributed by atoms with Crippen molar-refractivity contribution in [2.24, 2.45) is 23.2 Å². The Kier molecular flexibility index (Phi) is 4.97. The lowest BCUT2D eigenvalue weighted by Crippen LogP contribution is -2.58. The lowest BCUT2D eigenvalue weighted by molar-refractivity contribution is -0.144. The summed E-state index contributed by atoms with van der Waals surface area (Å²) in [4.78, 5) is 24.0. The maximum absolute atomic E-state index is 12.4. The number of nitrogens with one attached hydrogen (secondary N) is 1. The van der Waals surface area contributed by atoms with Gasteiger partial charge in [0.1, 0.15) is 11.0 Å². The van der Waals surface area contributed by atoms with Crippen LogP contribution < -0.4 is 10.9 Å². The maximum atomic E-state index is 12.4. The number of hydrogen-bond donors (Lipinski definition) is 1. The monoisotopic (exact) mass is 411 g/mol. The molecule has 1 aromatic rings. The van der Waals surface area contributed by atoms with Gasteiger partial charge in [-0.2, -0.15) is 5.10 Å². The Balaban J connectivity index is 1.73. The molecule has 138 valence electrons. The van der Waals surface area contributed by atoms with Gasteiger partial charge in [0, 0.05) is 6.04 Å². The summed E-state index contributed by atoms with van der Waals surface area (Å²) in [6.45, 7) is 8.87. The van der Waals surface area contributed by atoms with E-state index in [0.717, 1.165) is 22.9 Å². The predicted octanol–water partition coefficient (Wildman–Crippen LogP) is 3.05. The van der Waals surface area contributed by atoms with Gasteiger partial charge in [0.05, 0.1) is 18.5 Å². The fourth-order valence-electron chi connectivity index (χ4n) is 4.55. The molecule has 4 atom stereocenters. The molecule has 1 heterocycles. The van der Waals surface area contributed by atoms with E-state index in [-0.39, 0.29) is 18.7 Å². The van der Waals surface area contributed by atoms with E-state index < -0.39 is 5.97 Å². The summed E-state index contributed by atoms with van der Waals surface area (Å²) >= 11 is 3.37. The van der Waals surface area contributed by atoms with Crippen LogP contribution in [0.25, 0.3) is 0 Å². The molecule has 0 amide bonds. The van der Waals surface area contributed by atoms with Crippen LogP contribution >= 0.6 is 15.9 Å². The molecule has 3 aliphatic rings. The first kappa shape index (κ1) is 18.4. The maximum Gasteiger partial charge on any atom is 0.327 e. The van der Waals surface area contributed by atoms with Gasteiger partial charge in [-0.25, -0.2) is 4.68 Å². The highest BCUT2D eigenvalue weighted by Crippen LogP contribution is 2.61. The zero-order chi connectivity index (χ0) is 18.4. The average Bonchev–Trinajstić information content (AvgIpc) is 2.55. The molecule has 0 radical (unpaired) electrons. The van der Waals surface area contributed by atoms with Gasteiger partial charge >= 0.3 is 5.97 Å². The van der Waals surface area contributed by atoms with E-state index in [2.05, 4.69) is 47.1 Å². The molecule has 6 nitrogen and oxygen atoms in total. The van der Waals surface area contributed by atoms with Crippen LogP contribution in [-0.2, 0) is 16.1 Å². The normalized spacial score (nSPS) is 29.6. The topological polar surface area (TPSA) is 73.2 Å². The second kappa shape index (κ2) is 6.74. The van der Waals surface area contributed by atoms with Gasteiger partial charge in [-0.1, -0.05) is 20.8 Å². The molecule has 0 saturated heterocycles. The summed E-state index contributed by atoms with van der Waals surface area (Å²) in [7, 11) is 0. The molecule has 0 aliphatic heterocycles. The number of ether oxygens (including phenoxy) is 1. The highest BCUT2D eigenvalue weighted by atomic mass is 79.9. The predicted molar refractivity (Wildman–Crippen MR) is 99.4 cm³/mol. The molecule has 25 heavy (non-hydrogen) atoms. The largest absolute Gasteiger partial charge is 0.465 e. The van der Waals surface area contributed by atoms with Gasteiger partial charge in [-0.3, -0.25) is 9.59 Å². The van der Waals surface area contributed by atoms with Crippen LogP contribution in [0.1, 0.15) is 40.5 Å². The summed E-state index contributed by atoms with van der Waals surface area (Å²) in [5.74, 6) is 1.54. The highest BCUT2D eigenvalue weighted by molar-refractivity contribution is 9.10. The van der Waals surface area contributed by atoms with Gasteiger partial charge in [-0.05, 0) is 58.9 Å². The van der Waals surface area contributed by atoms with Crippen LogP contribution in [0.5, 0.6) is 0 Å². The van der Waals surface area contributed by atoms with Crippen molar-refractivity contribution in [3.05, 3.63) is 21.0 Å². The zero-order valence-corrected chi connectivity index (χ0v) is 16.8. The molecule has 1 N–H and O–H groups in total. The first-order valence-electron chi connectivity index (χ1n) is 8.93. The van der Waals surface area contributed by atoms with Crippen LogP contribution in [0.15, 0.2) is 15.5 Å². The van der Waals surface area contributed by atoms with Crippen LogP contribution in [-0.4, -0.2) is 28.4 Å². The number of carbonyl (C=O) groups is 1. The second-order valence-corrected chi connectivity index (χ2v) is 8.64. The van der Waals surface area contributed by atoms with Crippen molar-refractivity contribution in [2.75, 3.05) is 11.9 Å². The zero-order valence-electron chi connectivity index (χ0n) is 15.2. The van der Waals surface area contributed by atoms with Gasteiger partial charge < -0.3 is 10.1 Å². The number of fused-ring (bicyclic) bond motifs is 2. The molecule has 3 aliphatic carbocycles. The van der Waals surface area contributed by atoms with E-state index in [1.807, 2.05) is 0 Å². The quantitative estimate of drug-likeness (QED) is 0.753. The highest BCUT2D eigenvalue weighted by Gasteiger charge is 2.56. The Hall–Kier alpha value is -1.37. The molecule has 1 aromatic heterocycles. The second-order valence-electron chi connectivity index (χ2n) is 7.85. The third-order valence-electron chi connectivity index (χ3n) is 6.26. The van der Waals surface area contributed by atoms with Crippen LogP contribution in [0.3, 0.4) is 0 Å². The molecule has 4 rings (SSSR count). The molecule has 3 saturated carbocycles. The first-order chi connectivity index (χ1) is 11.8. The third kappa shape index (κ3) is 3.23. The van der Waals surface area contributed by atoms with Gasteiger partial charge in [0.25, 0.3) is 5.56 Å². The van der Waals surface area contributed by atoms with Gasteiger partial charge in [0.15, 0.2) is 0 Å². The minimum atomic E-state index is -0.465. The lowest BCUT2D eigenvalue weighted by Gasteiger charge is -2.62. The fraction of sp³-hybridized carbons (Fsp3) is 0.722. The van der Waals surface area contributed by atoms with Crippen molar-refractivity contribution in [2.45, 2.75) is 53.1 Å². The molecule has 7 heteroatoms. The fourth-order valence-corrected chi connectivity index (χ4v) is 4.97. The summed E-state index contributed by atoms with van der Waals surface area (Å²) in [5, 5.41) is 7.63.